The molecule has 3 atom stereocenters. The predicted molar refractivity (Wildman–Crippen MR) is 36.8 cm³/mol. The number of carbonyl (C=O) groups excluding carboxylic acids is 1. The number of aliphatic hydroxyl groups is 2. The number of hydrogen-bond acceptors (Lipinski definition) is 4. The van der Waals surface area contributed by atoms with Crippen LogP contribution in [0.4, 0.5) is 0 Å². The van der Waals surface area contributed by atoms with Crippen LogP contribution in [0.1, 0.15) is 20.3 Å². The summed E-state index contributed by atoms with van der Waals surface area (Å²) in [4.78, 5) is 10.8. The van der Waals surface area contributed by atoms with E-state index in [0.29, 0.717) is 6.42 Å². The third kappa shape index (κ3) is 1.12. The van der Waals surface area contributed by atoms with Gasteiger partial charge in [0.25, 0.3) is 0 Å². The van der Waals surface area contributed by atoms with Crippen LogP contribution in [-0.2, 0) is 9.53 Å². The Balaban J connectivity index is 2.80. The summed E-state index contributed by atoms with van der Waals surface area (Å²) in [5.41, 5.74) is -1.72. The topological polar surface area (TPSA) is 66.8 Å². The number of aliphatic hydroxyl groups excluding tert-OH is 1. The van der Waals surface area contributed by atoms with Crippen molar-refractivity contribution in [3.63, 3.8) is 0 Å². The van der Waals surface area contributed by atoms with Gasteiger partial charge in [-0.05, 0) is 13.3 Å². The second-order valence-electron chi connectivity index (χ2n) is 2.94. The Kier molecular flexibility index (Phi) is 1.90. The van der Waals surface area contributed by atoms with Crippen molar-refractivity contribution < 1.29 is 19.7 Å². The van der Waals surface area contributed by atoms with Crippen LogP contribution in [0, 0.1) is 0 Å². The molecule has 11 heavy (non-hydrogen) atoms. The highest BCUT2D eigenvalue weighted by atomic mass is 16.6. The highest BCUT2D eigenvalue weighted by Gasteiger charge is 2.51. The number of rotatable bonds is 1. The van der Waals surface area contributed by atoms with Gasteiger partial charge in [-0.15, -0.1) is 0 Å². The highest BCUT2D eigenvalue weighted by Crippen LogP contribution is 2.27. The van der Waals surface area contributed by atoms with E-state index in [2.05, 4.69) is 0 Å². The van der Waals surface area contributed by atoms with Crippen LogP contribution < -0.4 is 0 Å². The zero-order valence-corrected chi connectivity index (χ0v) is 6.57. The molecule has 1 aliphatic heterocycles. The van der Waals surface area contributed by atoms with E-state index in [1.807, 2.05) is 0 Å². The van der Waals surface area contributed by atoms with Gasteiger partial charge in [-0.3, -0.25) is 0 Å². The van der Waals surface area contributed by atoms with E-state index in [1.165, 1.54) is 6.92 Å². The van der Waals surface area contributed by atoms with Gasteiger partial charge in [0.15, 0.2) is 5.60 Å². The Morgan fingerprint density at radius 2 is 2.27 bits per heavy atom. The molecule has 4 nitrogen and oxygen atoms in total. The van der Waals surface area contributed by atoms with Gasteiger partial charge < -0.3 is 14.9 Å². The predicted octanol–water partition coefficient (Wildman–Crippen LogP) is -0.566. The van der Waals surface area contributed by atoms with E-state index in [-0.39, 0.29) is 0 Å². The molecular formula is C7H12O4. The molecule has 0 saturated carbocycles. The molecule has 0 aromatic rings. The second-order valence-corrected chi connectivity index (χ2v) is 2.94. The molecule has 0 aromatic heterocycles. The molecular weight excluding hydrogens is 148 g/mol. The van der Waals surface area contributed by atoms with E-state index in [9.17, 15) is 15.0 Å². The maximum Gasteiger partial charge on any atom is 0.341 e. The van der Waals surface area contributed by atoms with E-state index >= 15 is 0 Å². The van der Waals surface area contributed by atoms with Crippen LogP contribution in [0.3, 0.4) is 0 Å². The van der Waals surface area contributed by atoms with Crippen molar-refractivity contribution in [3.8, 4) is 0 Å². The molecule has 0 aromatic carbocycles. The van der Waals surface area contributed by atoms with Gasteiger partial charge in [0.05, 0.1) is 0 Å². The first-order chi connectivity index (χ1) is 5.00. The van der Waals surface area contributed by atoms with Crippen molar-refractivity contribution in [1.29, 1.82) is 0 Å². The summed E-state index contributed by atoms with van der Waals surface area (Å²) < 4.78 is 4.70. The number of cyclic esters (lactones) is 1. The average Bonchev–Trinajstić information content (AvgIpc) is 2.14. The molecule has 0 amide bonds. The van der Waals surface area contributed by atoms with Gasteiger partial charge in [-0.25, -0.2) is 4.79 Å². The van der Waals surface area contributed by atoms with Gasteiger partial charge in [-0.2, -0.15) is 0 Å². The van der Waals surface area contributed by atoms with Gasteiger partial charge in [-0.1, -0.05) is 6.92 Å². The van der Waals surface area contributed by atoms with Crippen molar-refractivity contribution in [3.05, 3.63) is 0 Å². The monoisotopic (exact) mass is 160 g/mol. The molecule has 64 valence electrons. The molecule has 0 spiro atoms. The van der Waals surface area contributed by atoms with Crippen molar-refractivity contribution in [1.82, 2.24) is 0 Å². The van der Waals surface area contributed by atoms with Crippen LogP contribution in [0.25, 0.3) is 0 Å². The Morgan fingerprint density at radius 1 is 1.73 bits per heavy atom. The van der Waals surface area contributed by atoms with E-state index in [4.69, 9.17) is 4.74 Å². The third-order valence-electron chi connectivity index (χ3n) is 2.00. The summed E-state index contributed by atoms with van der Waals surface area (Å²) in [5.74, 6) is -0.739. The minimum Gasteiger partial charge on any atom is -0.457 e. The van der Waals surface area contributed by atoms with Crippen LogP contribution in [0.5, 0.6) is 0 Å². The minimum absolute atomic E-state index is 0.517. The standard InChI is InChI=1S/C7H12O4/c1-3-4-5(8)7(2,10)6(9)11-4/h4-5,8,10H,3H2,1-2H3/t4-,5-,7+/m1/s1. The zero-order valence-electron chi connectivity index (χ0n) is 6.57. The van der Waals surface area contributed by atoms with Gasteiger partial charge in [0, 0.05) is 0 Å². The molecule has 1 fully saturated rings. The first-order valence-corrected chi connectivity index (χ1v) is 3.61. The molecule has 1 heterocycles. The fourth-order valence-electron chi connectivity index (χ4n) is 1.11. The first kappa shape index (κ1) is 8.49. The SMILES string of the molecule is CC[C@H]1OC(=O)[C@@](C)(O)[C@@H]1O. The molecule has 0 aliphatic carbocycles. The van der Waals surface area contributed by atoms with Gasteiger partial charge in [0.1, 0.15) is 12.2 Å². The molecule has 2 N–H and O–H groups in total. The fourth-order valence-corrected chi connectivity index (χ4v) is 1.11. The maximum atomic E-state index is 10.8. The summed E-state index contributed by atoms with van der Waals surface area (Å²) in [6.45, 7) is 3.04. The summed E-state index contributed by atoms with van der Waals surface area (Å²) in [7, 11) is 0. The highest BCUT2D eigenvalue weighted by molar-refractivity contribution is 5.82. The average molecular weight is 160 g/mol. The van der Waals surface area contributed by atoms with Crippen molar-refractivity contribution in [2.45, 2.75) is 38.1 Å². The summed E-state index contributed by atoms with van der Waals surface area (Å²) in [5, 5.41) is 18.6. The van der Waals surface area contributed by atoms with Crippen LogP contribution >= 0.6 is 0 Å². The lowest BCUT2D eigenvalue weighted by atomic mass is 9.97. The Hall–Kier alpha value is -0.610. The van der Waals surface area contributed by atoms with Crippen LogP contribution in [-0.4, -0.2) is 34.0 Å². The lowest BCUT2D eigenvalue weighted by Gasteiger charge is -2.17. The smallest absolute Gasteiger partial charge is 0.341 e. The summed E-state index contributed by atoms with van der Waals surface area (Å²) in [6, 6.07) is 0. The number of hydrogen-bond donors (Lipinski definition) is 2. The van der Waals surface area contributed by atoms with Gasteiger partial charge >= 0.3 is 5.97 Å². The van der Waals surface area contributed by atoms with Crippen LogP contribution in [0.2, 0.25) is 0 Å². The fraction of sp³-hybridized carbons (Fsp3) is 0.857. The zero-order chi connectivity index (χ0) is 8.65. The number of ether oxygens (including phenoxy) is 1. The molecule has 1 rings (SSSR count). The second kappa shape index (κ2) is 2.46. The Labute approximate surface area is 64.8 Å². The molecule has 0 unspecified atom stereocenters. The van der Waals surface area contributed by atoms with E-state index < -0.39 is 23.8 Å². The largest absolute Gasteiger partial charge is 0.457 e. The van der Waals surface area contributed by atoms with Crippen molar-refractivity contribution >= 4 is 5.97 Å². The molecule has 0 bridgehead atoms. The van der Waals surface area contributed by atoms with Crippen molar-refractivity contribution in [2.24, 2.45) is 0 Å². The molecule has 1 saturated heterocycles. The molecule has 0 radical (unpaired) electrons. The van der Waals surface area contributed by atoms with Crippen molar-refractivity contribution in [2.75, 3.05) is 0 Å². The van der Waals surface area contributed by atoms with E-state index in [0.717, 1.165) is 0 Å². The molecule has 1 aliphatic rings. The number of carbonyl (C=O) groups is 1. The lowest BCUT2D eigenvalue weighted by molar-refractivity contribution is -0.154. The lowest BCUT2D eigenvalue weighted by Crippen LogP contribution is -2.42. The van der Waals surface area contributed by atoms with E-state index in [1.54, 1.807) is 6.92 Å². The number of esters is 1. The quantitative estimate of drug-likeness (QED) is 0.504. The Morgan fingerprint density at radius 3 is 2.45 bits per heavy atom. The third-order valence-corrected chi connectivity index (χ3v) is 2.00. The maximum absolute atomic E-state index is 10.8. The van der Waals surface area contributed by atoms with Gasteiger partial charge in [0.2, 0.25) is 0 Å². The minimum atomic E-state index is -1.72. The normalized spacial score (nSPS) is 44.2. The summed E-state index contributed by atoms with van der Waals surface area (Å²) in [6.07, 6.45) is -1.14. The molecule has 4 heteroatoms. The summed E-state index contributed by atoms with van der Waals surface area (Å²) >= 11 is 0. The first-order valence-electron chi connectivity index (χ1n) is 3.61. The van der Waals surface area contributed by atoms with Crippen LogP contribution in [0.15, 0.2) is 0 Å². The Bertz CT molecular complexity index is 175.